The number of likely N-dealkylation sites (N-methyl/N-ethyl adjacent to an activating group) is 1. The molecule has 152 valence electrons. The Morgan fingerprint density at radius 3 is 2.61 bits per heavy atom. The summed E-state index contributed by atoms with van der Waals surface area (Å²) in [6.07, 6.45) is 4.80. The molecule has 2 fully saturated rings. The van der Waals surface area contributed by atoms with Crippen LogP contribution in [-0.2, 0) is 21.2 Å². The molecule has 0 N–H and O–H groups in total. The van der Waals surface area contributed by atoms with E-state index in [1.165, 1.54) is 0 Å². The Labute approximate surface area is 170 Å². The number of carbonyl (C=O) groups is 1. The fourth-order valence-electron chi connectivity index (χ4n) is 4.47. The first kappa shape index (κ1) is 19.8. The number of amides is 1. The van der Waals surface area contributed by atoms with E-state index in [0.717, 1.165) is 40.9 Å². The average Bonchev–Trinajstić information content (AvgIpc) is 3.35. The first-order valence-corrected chi connectivity index (χ1v) is 12.6. The number of para-hydroxylation sites is 1. The van der Waals surface area contributed by atoms with E-state index in [1.807, 2.05) is 35.0 Å². The molecule has 2 aliphatic rings. The second-order valence-electron chi connectivity index (χ2n) is 8.04. The zero-order valence-corrected chi connectivity index (χ0v) is 17.8. The summed E-state index contributed by atoms with van der Waals surface area (Å²) in [6, 6.07) is 8.09. The molecular weight excluding hydrogens is 394 g/mol. The van der Waals surface area contributed by atoms with E-state index >= 15 is 0 Å². The number of rotatable bonds is 6. The number of benzene rings is 1. The molecule has 28 heavy (non-hydrogen) atoms. The van der Waals surface area contributed by atoms with Gasteiger partial charge in [-0.2, -0.15) is 0 Å². The minimum atomic E-state index is -3.01. The van der Waals surface area contributed by atoms with Gasteiger partial charge in [-0.15, -0.1) is 11.3 Å². The lowest BCUT2D eigenvalue weighted by Crippen LogP contribution is -2.50. The van der Waals surface area contributed by atoms with Gasteiger partial charge in [0.15, 0.2) is 9.84 Å². The van der Waals surface area contributed by atoms with Gasteiger partial charge in [0.25, 0.3) is 0 Å². The summed E-state index contributed by atoms with van der Waals surface area (Å²) in [7, 11) is -1.08. The van der Waals surface area contributed by atoms with Crippen LogP contribution < -0.4 is 0 Å². The van der Waals surface area contributed by atoms with Crippen LogP contribution in [-0.4, -0.2) is 66.3 Å². The van der Waals surface area contributed by atoms with Crippen molar-refractivity contribution in [2.75, 3.05) is 25.1 Å². The molecular formula is C20H27N3O3S2. The highest BCUT2D eigenvalue weighted by Gasteiger charge is 2.39. The van der Waals surface area contributed by atoms with Crippen LogP contribution in [0, 0.1) is 0 Å². The largest absolute Gasteiger partial charge is 0.335 e. The van der Waals surface area contributed by atoms with Crippen molar-refractivity contribution in [3.8, 4) is 0 Å². The summed E-state index contributed by atoms with van der Waals surface area (Å²) in [4.78, 5) is 21.7. The van der Waals surface area contributed by atoms with Crippen molar-refractivity contribution < 1.29 is 13.2 Å². The number of hydrogen-bond donors (Lipinski definition) is 0. The predicted molar refractivity (Wildman–Crippen MR) is 112 cm³/mol. The molecule has 0 spiro atoms. The van der Waals surface area contributed by atoms with Crippen LogP contribution >= 0.6 is 11.3 Å². The topological polar surface area (TPSA) is 70.6 Å². The molecule has 1 atom stereocenters. The van der Waals surface area contributed by atoms with Crippen LogP contribution in [0.5, 0.6) is 0 Å². The van der Waals surface area contributed by atoms with Gasteiger partial charge in [0.1, 0.15) is 5.01 Å². The molecule has 1 saturated heterocycles. The minimum Gasteiger partial charge on any atom is -0.335 e. The van der Waals surface area contributed by atoms with Crippen LogP contribution in [0.15, 0.2) is 24.3 Å². The summed E-state index contributed by atoms with van der Waals surface area (Å²) < 4.78 is 25.1. The maximum absolute atomic E-state index is 13.2. The summed E-state index contributed by atoms with van der Waals surface area (Å²) in [5, 5.41) is 0.993. The van der Waals surface area contributed by atoms with Crippen LogP contribution in [0.4, 0.5) is 0 Å². The Hall–Kier alpha value is -1.51. The monoisotopic (exact) mass is 421 g/mol. The summed E-state index contributed by atoms with van der Waals surface area (Å²) in [6.45, 7) is 0.912. The molecule has 1 unspecified atom stereocenters. The molecule has 6 nitrogen and oxygen atoms in total. The third-order valence-corrected chi connectivity index (χ3v) is 8.53. The van der Waals surface area contributed by atoms with Crippen molar-refractivity contribution in [3.63, 3.8) is 0 Å². The second-order valence-corrected chi connectivity index (χ2v) is 11.4. The lowest BCUT2D eigenvalue weighted by atomic mass is 10.1. The molecule has 1 aromatic carbocycles. The molecule has 8 heteroatoms. The average molecular weight is 422 g/mol. The Bertz CT molecular complexity index is 918. The zero-order valence-electron chi connectivity index (χ0n) is 16.2. The lowest BCUT2D eigenvalue weighted by molar-refractivity contribution is -0.136. The normalized spacial score (nSPS) is 22.3. The van der Waals surface area contributed by atoms with Crippen molar-refractivity contribution in [1.82, 2.24) is 14.8 Å². The Morgan fingerprint density at radius 1 is 1.18 bits per heavy atom. The number of fused-ring (bicyclic) bond motifs is 1. The quantitative estimate of drug-likeness (QED) is 0.717. The molecule has 1 aliphatic carbocycles. The van der Waals surface area contributed by atoms with E-state index in [9.17, 15) is 13.2 Å². The molecule has 1 aliphatic heterocycles. The van der Waals surface area contributed by atoms with Crippen LogP contribution in [0.25, 0.3) is 10.2 Å². The van der Waals surface area contributed by atoms with Gasteiger partial charge in [-0.05, 0) is 38.4 Å². The fraction of sp³-hybridized carbons (Fsp3) is 0.600. The predicted octanol–water partition coefficient (Wildman–Crippen LogP) is 2.69. The highest BCUT2D eigenvalue weighted by Crippen LogP contribution is 2.29. The molecule has 1 amide bonds. The van der Waals surface area contributed by atoms with Gasteiger partial charge in [-0.25, -0.2) is 13.4 Å². The maximum atomic E-state index is 13.2. The highest BCUT2D eigenvalue weighted by atomic mass is 32.2. The first-order valence-electron chi connectivity index (χ1n) is 9.96. The van der Waals surface area contributed by atoms with E-state index in [4.69, 9.17) is 0 Å². The number of carbonyl (C=O) groups excluding carboxylic acids is 1. The van der Waals surface area contributed by atoms with Gasteiger partial charge >= 0.3 is 0 Å². The van der Waals surface area contributed by atoms with E-state index in [-0.39, 0.29) is 29.5 Å². The van der Waals surface area contributed by atoms with Gasteiger partial charge in [-0.1, -0.05) is 25.0 Å². The van der Waals surface area contributed by atoms with Gasteiger partial charge in [0.2, 0.25) is 5.91 Å². The number of sulfone groups is 1. The van der Waals surface area contributed by atoms with E-state index in [1.54, 1.807) is 11.3 Å². The van der Waals surface area contributed by atoms with E-state index < -0.39 is 9.84 Å². The van der Waals surface area contributed by atoms with Gasteiger partial charge in [-0.3, -0.25) is 9.69 Å². The smallest absolute Gasteiger partial charge is 0.237 e. The molecule has 4 rings (SSSR count). The standard InChI is InChI=1S/C20H27N3O3S2/c1-22(12-19-21-17-8-4-5-9-18(17)27-19)13-20(24)23(15-6-2-3-7-15)16-10-11-28(25,26)14-16/h4-5,8-9,15-16H,2-3,6-7,10-14H2,1H3. The molecule has 0 bridgehead atoms. The van der Waals surface area contributed by atoms with E-state index in [2.05, 4.69) is 11.1 Å². The Morgan fingerprint density at radius 2 is 1.93 bits per heavy atom. The molecule has 2 heterocycles. The van der Waals surface area contributed by atoms with E-state index in [0.29, 0.717) is 19.5 Å². The summed E-state index contributed by atoms with van der Waals surface area (Å²) in [5.41, 5.74) is 0.992. The van der Waals surface area contributed by atoms with Crippen molar-refractivity contribution in [3.05, 3.63) is 29.3 Å². The third kappa shape index (κ3) is 4.39. The fourth-order valence-corrected chi connectivity index (χ4v) is 7.23. The van der Waals surface area contributed by atoms with Gasteiger partial charge < -0.3 is 4.90 Å². The number of hydrogen-bond acceptors (Lipinski definition) is 6. The molecule has 1 aromatic heterocycles. The minimum absolute atomic E-state index is 0.0533. The van der Waals surface area contributed by atoms with Crippen LogP contribution in [0.3, 0.4) is 0 Å². The highest BCUT2D eigenvalue weighted by molar-refractivity contribution is 7.91. The van der Waals surface area contributed by atoms with Crippen LogP contribution in [0.1, 0.15) is 37.1 Å². The summed E-state index contributed by atoms with van der Waals surface area (Å²) in [5.74, 6) is 0.379. The summed E-state index contributed by atoms with van der Waals surface area (Å²) >= 11 is 1.65. The first-order chi connectivity index (χ1) is 13.4. The van der Waals surface area contributed by atoms with Crippen molar-refractivity contribution in [1.29, 1.82) is 0 Å². The van der Waals surface area contributed by atoms with Crippen molar-refractivity contribution in [2.45, 2.75) is 50.7 Å². The van der Waals surface area contributed by atoms with Crippen molar-refractivity contribution in [2.24, 2.45) is 0 Å². The lowest BCUT2D eigenvalue weighted by Gasteiger charge is -2.35. The number of nitrogens with zero attached hydrogens (tertiary/aromatic N) is 3. The van der Waals surface area contributed by atoms with Crippen LogP contribution in [0.2, 0.25) is 0 Å². The number of thiazole rings is 1. The number of aromatic nitrogens is 1. The van der Waals surface area contributed by atoms with Gasteiger partial charge in [0.05, 0.1) is 34.8 Å². The Kier molecular flexibility index (Phi) is 5.71. The zero-order chi connectivity index (χ0) is 19.7. The SMILES string of the molecule is CN(CC(=O)N(C1CCCC1)C1CCS(=O)(=O)C1)Cc1nc2ccccc2s1. The second kappa shape index (κ2) is 8.08. The molecule has 0 radical (unpaired) electrons. The Balaban J connectivity index is 1.44. The maximum Gasteiger partial charge on any atom is 0.237 e. The molecule has 1 saturated carbocycles. The van der Waals surface area contributed by atoms with Crippen molar-refractivity contribution >= 4 is 37.3 Å². The third-order valence-electron chi connectivity index (χ3n) is 5.76. The van der Waals surface area contributed by atoms with Gasteiger partial charge in [0, 0.05) is 12.1 Å². The molecule has 2 aromatic rings.